The van der Waals surface area contributed by atoms with Crippen molar-refractivity contribution < 1.29 is 29.4 Å². The van der Waals surface area contributed by atoms with Crippen LogP contribution in [-0.4, -0.2) is 64.0 Å². The third-order valence-electron chi connectivity index (χ3n) is 8.30. The van der Waals surface area contributed by atoms with Crippen LogP contribution in [0, 0.1) is 0 Å². The molecule has 0 aromatic heterocycles. The number of benzene rings is 1. The summed E-state index contributed by atoms with van der Waals surface area (Å²) in [4.78, 5) is 51.3. The number of aliphatic carboxylic acids is 1. The lowest BCUT2D eigenvalue weighted by Gasteiger charge is -2.24. The predicted octanol–water partition coefficient (Wildman–Crippen LogP) is 5.87. The Kier molecular flexibility index (Phi) is 18.1. The molecule has 0 aliphatic carbocycles. The average molecular weight is 602 g/mol. The maximum Gasteiger partial charge on any atom is 0.326 e. The number of likely N-dealkylation sites (tertiary alicyclic amines) is 1. The van der Waals surface area contributed by atoms with Crippen molar-refractivity contribution in [3.8, 4) is 5.75 Å². The van der Waals surface area contributed by atoms with E-state index in [9.17, 15) is 29.4 Å². The zero-order chi connectivity index (χ0) is 31.3. The van der Waals surface area contributed by atoms with Gasteiger partial charge in [0.2, 0.25) is 17.7 Å². The molecule has 1 aromatic rings. The number of hydrogen-bond donors (Lipinski definition) is 4. The molecule has 1 unspecified atom stereocenters. The van der Waals surface area contributed by atoms with Crippen molar-refractivity contribution in [2.45, 2.75) is 141 Å². The third-order valence-corrected chi connectivity index (χ3v) is 8.30. The molecule has 0 radical (unpaired) electrons. The molecule has 3 amide bonds. The number of carbonyl (C=O) groups is 4. The molecule has 9 heteroatoms. The minimum Gasteiger partial charge on any atom is -0.508 e. The number of phenols is 1. The third kappa shape index (κ3) is 15.3. The first kappa shape index (κ1) is 36.1. The van der Waals surface area contributed by atoms with E-state index in [1.165, 1.54) is 89.2 Å². The van der Waals surface area contributed by atoms with E-state index in [0.29, 0.717) is 24.9 Å². The van der Waals surface area contributed by atoms with Crippen LogP contribution in [0.3, 0.4) is 0 Å². The van der Waals surface area contributed by atoms with Crippen LogP contribution in [0.4, 0.5) is 0 Å². The number of aromatic hydroxyl groups is 1. The Labute approximate surface area is 258 Å². The summed E-state index contributed by atoms with van der Waals surface area (Å²) in [6, 6.07) is 4.31. The fourth-order valence-corrected chi connectivity index (χ4v) is 5.73. The molecule has 1 heterocycles. The molecule has 1 aromatic carbocycles. The Hall–Kier alpha value is -3.10. The molecule has 1 aliphatic rings. The van der Waals surface area contributed by atoms with Gasteiger partial charge in [-0.25, -0.2) is 4.79 Å². The molecule has 4 N–H and O–H groups in total. The predicted molar refractivity (Wildman–Crippen MR) is 169 cm³/mol. The highest BCUT2D eigenvalue weighted by Gasteiger charge is 2.33. The monoisotopic (exact) mass is 601 g/mol. The summed E-state index contributed by atoms with van der Waals surface area (Å²) in [5.41, 5.74) is 0.642. The highest BCUT2D eigenvalue weighted by Crippen LogP contribution is 2.20. The standard InChI is InChI=1S/C34H55N3O6/c1-2-3-4-5-6-7-8-9-10-11-12-13-14-15-16-19-32(40)37-24-17-18-30(37)33(41)35-26-31(39)36-29(34(42)43)25-27-20-22-28(38)23-21-27/h20-23,29-30,38H,2-19,24-26H2,1H3,(H,35,41)(H,36,39)(H,42,43)/t29?,30-/m0/s1. The number of hydrogen-bond acceptors (Lipinski definition) is 5. The first-order valence-electron chi connectivity index (χ1n) is 16.7. The first-order chi connectivity index (χ1) is 20.8. The second kappa shape index (κ2) is 21.6. The number of phenolic OH excluding ortho intramolecular Hbond substituents is 1. The summed E-state index contributed by atoms with van der Waals surface area (Å²) in [5, 5.41) is 23.9. The van der Waals surface area contributed by atoms with Gasteiger partial charge >= 0.3 is 5.97 Å². The van der Waals surface area contributed by atoms with Crippen molar-refractivity contribution >= 4 is 23.7 Å². The highest BCUT2D eigenvalue weighted by molar-refractivity contribution is 5.92. The topological polar surface area (TPSA) is 136 Å². The van der Waals surface area contributed by atoms with Crippen LogP contribution in [0.15, 0.2) is 24.3 Å². The molecular weight excluding hydrogens is 546 g/mol. The summed E-state index contributed by atoms with van der Waals surface area (Å²) in [5.74, 6) is -2.15. The van der Waals surface area contributed by atoms with Gasteiger partial charge in [0.1, 0.15) is 17.8 Å². The van der Waals surface area contributed by atoms with Gasteiger partial charge < -0.3 is 25.7 Å². The van der Waals surface area contributed by atoms with Crippen LogP contribution < -0.4 is 10.6 Å². The number of carbonyl (C=O) groups excluding carboxylic acids is 3. The van der Waals surface area contributed by atoms with Gasteiger partial charge in [-0.15, -0.1) is 0 Å². The van der Waals surface area contributed by atoms with E-state index < -0.39 is 24.0 Å². The lowest BCUT2D eigenvalue weighted by molar-refractivity contribution is -0.142. The molecule has 9 nitrogen and oxygen atoms in total. The summed E-state index contributed by atoms with van der Waals surface area (Å²) in [7, 11) is 0. The SMILES string of the molecule is CCCCCCCCCCCCCCCCCC(=O)N1CCC[C@H]1C(=O)NCC(=O)NC(Cc1ccc(O)cc1)C(=O)O. The van der Waals surface area contributed by atoms with E-state index in [4.69, 9.17) is 0 Å². The van der Waals surface area contributed by atoms with Crippen molar-refractivity contribution in [1.82, 2.24) is 15.5 Å². The Morgan fingerprint density at radius 3 is 1.91 bits per heavy atom. The number of rotatable bonds is 23. The molecular formula is C34H55N3O6. The quantitative estimate of drug-likeness (QED) is 0.116. The molecule has 1 fully saturated rings. The van der Waals surface area contributed by atoms with Crippen molar-refractivity contribution in [3.05, 3.63) is 29.8 Å². The zero-order valence-corrected chi connectivity index (χ0v) is 26.3. The van der Waals surface area contributed by atoms with E-state index in [-0.39, 0.29) is 30.5 Å². The summed E-state index contributed by atoms with van der Waals surface area (Å²) >= 11 is 0. The minimum absolute atomic E-state index is 0.0170. The van der Waals surface area contributed by atoms with Crippen LogP contribution in [0.1, 0.15) is 128 Å². The molecule has 1 aliphatic heterocycles. The number of nitrogens with zero attached hydrogens (tertiary/aromatic N) is 1. The Bertz CT molecular complexity index is 967. The normalized spacial score (nSPS) is 15.3. The number of carboxylic acids is 1. The van der Waals surface area contributed by atoms with Crippen molar-refractivity contribution in [3.63, 3.8) is 0 Å². The number of unbranched alkanes of at least 4 members (excludes halogenated alkanes) is 14. The smallest absolute Gasteiger partial charge is 0.326 e. The maximum absolute atomic E-state index is 12.8. The van der Waals surface area contributed by atoms with Crippen LogP contribution in [0.2, 0.25) is 0 Å². The van der Waals surface area contributed by atoms with Gasteiger partial charge in [0.05, 0.1) is 6.54 Å². The molecule has 0 spiro atoms. The number of amides is 3. The Morgan fingerprint density at radius 1 is 0.837 bits per heavy atom. The van der Waals surface area contributed by atoms with Crippen LogP contribution in [0.25, 0.3) is 0 Å². The van der Waals surface area contributed by atoms with Crippen molar-refractivity contribution in [1.29, 1.82) is 0 Å². The number of nitrogens with one attached hydrogen (secondary N) is 2. The van der Waals surface area contributed by atoms with E-state index in [1.54, 1.807) is 17.0 Å². The van der Waals surface area contributed by atoms with Gasteiger partial charge in [0.15, 0.2) is 0 Å². The maximum atomic E-state index is 12.8. The summed E-state index contributed by atoms with van der Waals surface area (Å²) in [6.07, 6.45) is 20.8. The van der Waals surface area contributed by atoms with Crippen LogP contribution in [0.5, 0.6) is 5.75 Å². The first-order valence-corrected chi connectivity index (χ1v) is 16.7. The Morgan fingerprint density at radius 2 is 1.37 bits per heavy atom. The lowest BCUT2D eigenvalue weighted by Crippen LogP contribution is -2.50. The van der Waals surface area contributed by atoms with Gasteiger partial charge in [-0.2, -0.15) is 0 Å². The lowest BCUT2D eigenvalue weighted by atomic mass is 10.0. The van der Waals surface area contributed by atoms with E-state index in [0.717, 1.165) is 25.7 Å². The second-order valence-electron chi connectivity index (χ2n) is 12.0. The highest BCUT2D eigenvalue weighted by atomic mass is 16.4. The summed E-state index contributed by atoms with van der Waals surface area (Å²) in [6.45, 7) is 2.43. The van der Waals surface area contributed by atoms with Gasteiger partial charge in [-0.1, -0.05) is 109 Å². The van der Waals surface area contributed by atoms with Gasteiger partial charge in [0.25, 0.3) is 0 Å². The number of carboxylic acid groups (broad SMARTS) is 1. The van der Waals surface area contributed by atoms with Gasteiger partial charge in [0, 0.05) is 19.4 Å². The average Bonchev–Trinajstić information content (AvgIpc) is 3.49. The van der Waals surface area contributed by atoms with Gasteiger partial charge in [-0.05, 0) is 37.0 Å². The molecule has 43 heavy (non-hydrogen) atoms. The molecule has 0 bridgehead atoms. The van der Waals surface area contributed by atoms with Gasteiger partial charge in [-0.3, -0.25) is 14.4 Å². The van der Waals surface area contributed by atoms with E-state index in [1.807, 2.05) is 0 Å². The van der Waals surface area contributed by atoms with Crippen LogP contribution >= 0.6 is 0 Å². The molecule has 242 valence electrons. The van der Waals surface area contributed by atoms with Crippen LogP contribution in [-0.2, 0) is 25.6 Å². The minimum atomic E-state index is -1.20. The second-order valence-corrected chi connectivity index (χ2v) is 12.0. The Balaban J connectivity index is 1.56. The summed E-state index contributed by atoms with van der Waals surface area (Å²) < 4.78 is 0. The van der Waals surface area contributed by atoms with Crippen molar-refractivity contribution in [2.24, 2.45) is 0 Å². The molecule has 0 saturated carbocycles. The fourth-order valence-electron chi connectivity index (χ4n) is 5.73. The fraction of sp³-hybridized carbons (Fsp3) is 0.706. The van der Waals surface area contributed by atoms with E-state index >= 15 is 0 Å². The zero-order valence-electron chi connectivity index (χ0n) is 26.3. The van der Waals surface area contributed by atoms with Crippen molar-refractivity contribution in [2.75, 3.05) is 13.1 Å². The molecule has 2 rings (SSSR count). The van der Waals surface area contributed by atoms with E-state index in [2.05, 4.69) is 17.6 Å². The molecule has 2 atom stereocenters. The molecule has 1 saturated heterocycles. The largest absolute Gasteiger partial charge is 0.508 e.